The maximum Gasteiger partial charge on any atom is 0.432 e. The van der Waals surface area contributed by atoms with Crippen molar-refractivity contribution in [2.24, 2.45) is 0 Å². The van der Waals surface area contributed by atoms with E-state index in [1.54, 1.807) is 18.5 Å². The second-order valence-corrected chi connectivity index (χ2v) is 2.37. The maximum atomic E-state index is 10.5. The summed E-state index contributed by atoms with van der Waals surface area (Å²) in [5.74, 6) is 0.556. The first-order valence-corrected chi connectivity index (χ1v) is 3.56. The SMILES string of the molecule is O=C(O)n1ccc(-c2ncc[nH]2)n1. The third-order valence-electron chi connectivity index (χ3n) is 1.53. The highest BCUT2D eigenvalue weighted by Crippen LogP contribution is 2.09. The van der Waals surface area contributed by atoms with E-state index in [9.17, 15) is 4.79 Å². The van der Waals surface area contributed by atoms with Crippen LogP contribution in [-0.4, -0.2) is 30.9 Å². The van der Waals surface area contributed by atoms with Crippen molar-refractivity contribution in [3.05, 3.63) is 24.7 Å². The van der Waals surface area contributed by atoms with Gasteiger partial charge in [0.25, 0.3) is 0 Å². The molecule has 0 aliphatic heterocycles. The number of nitrogens with one attached hydrogen (secondary N) is 1. The standard InChI is InChI=1S/C7H6N4O2/c12-7(13)11-4-1-5(10-11)6-8-2-3-9-6/h1-4H,(H,8,9)(H,12,13). The fourth-order valence-electron chi connectivity index (χ4n) is 0.962. The van der Waals surface area contributed by atoms with E-state index in [0.717, 1.165) is 4.68 Å². The van der Waals surface area contributed by atoms with Crippen molar-refractivity contribution in [3.63, 3.8) is 0 Å². The predicted octanol–water partition coefficient (Wildman–Crippen LogP) is 0.799. The van der Waals surface area contributed by atoms with Gasteiger partial charge in [-0.05, 0) is 6.07 Å². The highest BCUT2D eigenvalue weighted by atomic mass is 16.4. The maximum absolute atomic E-state index is 10.5. The largest absolute Gasteiger partial charge is 0.463 e. The summed E-state index contributed by atoms with van der Waals surface area (Å²) in [7, 11) is 0. The van der Waals surface area contributed by atoms with Crippen molar-refractivity contribution in [1.82, 2.24) is 19.7 Å². The fourth-order valence-corrected chi connectivity index (χ4v) is 0.962. The van der Waals surface area contributed by atoms with Gasteiger partial charge in [-0.2, -0.15) is 9.78 Å². The molecule has 0 aliphatic carbocycles. The predicted molar refractivity (Wildman–Crippen MR) is 43.2 cm³/mol. The molecule has 2 aromatic heterocycles. The zero-order chi connectivity index (χ0) is 9.26. The molecule has 66 valence electrons. The average Bonchev–Trinajstić information content (AvgIpc) is 2.75. The van der Waals surface area contributed by atoms with E-state index < -0.39 is 6.09 Å². The molecule has 0 atom stereocenters. The van der Waals surface area contributed by atoms with E-state index in [-0.39, 0.29) is 0 Å². The summed E-state index contributed by atoms with van der Waals surface area (Å²) in [4.78, 5) is 17.2. The van der Waals surface area contributed by atoms with Crippen LogP contribution in [-0.2, 0) is 0 Å². The fraction of sp³-hybridized carbons (Fsp3) is 0. The number of carboxylic acid groups (broad SMARTS) is 1. The van der Waals surface area contributed by atoms with Gasteiger partial charge in [-0.15, -0.1) is 0 Å². The van der Waals surface area contributed by atoms with Crippen LogP contribution >= 0.6 is 0 Å². The minimum absolute atomic E-state index is 0.507. The lowest BCUT2D eigenvalue weighted by atomic mass is 10.4. The second-order valence-electron chi connectivity index (χ2n) is 2.37. The Morgan fingerprint density at radius 1 is 1.62 bits per heavy atom. The minimum Gasteiger partial charge on any atom is -0.463 e. The summed E-state index contributed by atoms with van der Waals surface area (Å²) in [5, 5.41) is 12.3. The van der Waals surface area contributed by atoms with Crippen LogP contribution in [0.25, 0.3) is 11.5 Å². The number of H-pyrrole nitrogens is 1. The molecule has 0 bridgehead atoms. The third-order valence-corrected chi connectivity index (χ3v) is 1.53. The summed E-state index contributed by atoms with van der Waals surface area (Å²) < 4.78 is 0.831. The number of nitrogens with zero attached hydrogens (tertiary/aromatic N) is 3. The molecule has 0 saturated carbocycles. The number of rotatable bonds is 1. The van der Waals surface area contributed by atoms with E-state index in [2.05, 4.69) is 15.1 Å². The molecule has 13 heavy (non-hydrogen) atoms. The first-order valence-electron chi connectivity index (χ1n) is 3.56. The summed E-state index contributed by atoms with van der Waals surface area (Å²) in [6.45, 7) is 0. The number of aromatic amines is 1. The van der Waals surface area contributed by atoms with Crippen LogP contribution in [0.4, 0.5) is 4.79 Å². The zero-order valence-electron chi connectivity index (χ0n) is 6.51. The molecule has 0 unspecified atom stereocenters. The number of hydrogen-bond acceptors (Lipinski definition) is 3. The summed E-state index contributed by atoms with van der Waals surface area (Å²) in [6, 6.07) is 1.58. The quantitative estimate of drug-likeness (QED) is 0.676. The van der Waals surface area contributed by atoms with Crippen molar-refractivity contribution in [2.45, 2.75) is 0 Å². The summed E-state index contributed by atoms with van der Waals surface area (Å²) in [5.41, 5.74) is 0.507. The Hall–Kier alpha value is -2.11. The molecule has 0 fully saturated rings. The Bertz CT molecular complexity index is 417. The number of carbonyl (C=O) groups is 1. The molecule has 0 spiro atoms. The molecule has 2 rings (SSSR count). The smallest absolute Gasteiger partial charge is 0.432 e. The van der Waals surface area contributed by atoms with E-state index in [4.69, 9.17) is 5.11 Å². The third kappa shape index (κ3) is 1.28. The van der Waals surface area contributed by atoms with Crippen molar-refractivity contribution in [2.75, 3.05) is 0 Å². The Morgan fingerprint density at radius 2 is 2.46 bits per heavy atom. The van der Waals surface area contributed by atoms with Crippen molar-refractivity contribution in [3.8, 4) is 11.5 Å². The van der Waals surface area contributed by atoms with Crippen LogP contribution in [0.1, 0.15) is 0 Å². The van der Waals surface area contributed by atoms with Gasteiger partial charge in [0.15, 0.2) is 5.82 Å². The van der Waals surface area contributed by atoms with Gasteiger partial charge in [0.2, 0.25) is 0 Å². The first-order chi connectivity index (χ1) is 6.27. The number of imidazole rings is 1. The molecule has 0 aliphatic rings. The van der Waals surface area contributed by atoms with Gasteiger partial charge in [-0.1, -0.05) is 0 Å². The van der Waals surface area contributed by atoms with Gasteiger partial charge in [-0.3, -0.25) is 0 Å². The van der Waals surface area contributed by atoms with Crippen LogP contribution in [0, 0.1) is 0 Å². The molecule has 0 amide bonds. The molecule has 2 N–H and O–H groups in total. The molecule has 0 radical (unpaired) electrons. The lowest BCUT2D eigenvalue weighted by molar-refractivity contribution is 0.192. The van der Waals surface area contributed by atoms with Crippen LogP contribution in [0.15, 0.2) is 24.7 Å². The van der Waals surface area contributed by atoms with Gasteiger partial charge < -0.3 is 10.1 Å². The molecular formula is C7H6N4O2. The number of aromatic nitrogens is 4. The molecule has 2 heterocycles. The van der Waals surface area contributed by atoms with Gasteiger partial charge in [0.1, 0.15) is 5.69 Å². The van der Waals surface area contributed by atoms with Crippen molar-refractivity contribution >= 4 is 6.09 Å². The van der Waals surface area contributed by atoms with Crippen LogP contribution < -0.4 is 0 Å². The normalized spacial score (nSPS) is 10.2. The lowest BCUT2D eigenvalue weighted by Gasteiger charge is -1.89. The zero-order valence-corrected chi connectivity index (χ0v) is 6.51. The molecule has 6 nitrogen and oxygen atoms in total. The Kier molecular flexibility index (Phi) is 1.59. The molecule has 2 aromatic rings. The molecule has 0 aromatic carbocycles. The highest BCUT2D eigenvalue weighted by molar-refractivity contribution is 5.67. The monoisotopic (exact) mass is 178 g/mol. The van der Waals surface area contributed by atoms with Gasteiger partial charge in [0, 0.05) is 18.6 Å². The lowest BCUT2D eigenvalue weighted by Crippen LogP contribution is -2.08. The Labute approximate surface area is 72.8 Å². The van der Waals surface area contributed by atoms with Gasteiger partial charge in [0.05, 0.1) is 0 Å². The highest BCUT2D eigenvalue weighted by Gasteiger charge is 2.07. The van der Waals surface area contributed by atoms with Crippen molar-refractivity contribution < 1.29 is 9.90 Å². The second kappa shape index (κ2) is 2.74. The minimum atomic E-state index is -1.11. The van der Waals surface area contributed by atoms with E-state index in [0.29, 0.717) is 11.5 Å². The Morgan fingerprint density at radius 3 is 3.00 bits per heavy atom. The topological polar surface area (TPSA) is 83.8 Å². The van der Waals surface area contributed by atoms with Crippen LogP contribution in [0.5, 0.6) is 0 Å². The van der Waals surface area contributed by atoms with Crippen LogP contribution in [0.3, 0.4) is 0 Å². The molecule has 0 saturated heterocycles. The Balaban J connectivity index is 2.39. The van der Waals surface area contributed by atoms with E-state index in [1.807, 2.05) is 0 Å². The van der Waals surface area contributed by atoms with E-state index in [1.165, 1.54) is 6.20 Å². The van der Waals surface area contributed by atoms with Crippen molar-refractivity contribution in [1.29, 1.82) is 0 Å². The summed E-state index contributed by atoms with van der Waals surface area (Å²) >= 11 is 0. The average molecular weight is 178 g/mol. The van der Waals surface area contributed by atoms with E-state index >= 15 is 0 Å². The summed E-state index contributed by atoms with van der Waals surface area (Å²) in [6.07, 6.45) is 3.47. The number of hydrogen-bond donors (Lipinski definition) is 2. The molecular weight excluding hydrogens is 172 g/mol. The molecule has 6 heteroatoms. The first kappa shape index (κ1) is 7.53. The van der Waals surface area contributed by atoms with Gasteiger partial charge >= 0.3 is 6.09 Å². The van der Waals surface area contributed by atoms with Gasteiger partial charge in [-0.25, -0.2) is 9.78 Å². The van der Waals surface area contributed by atoms with Crippen LogP contribution in [0.2, 0.25) is 0 Å².